The van der Waals surface area contributed by atoms with Crippen LogP contribution in [0.2, 0.25) is 0 Å². The van der Waals surface area contributed by atoms with Crippen LogP contribution in [0, 0.1) is 30.1 Å². The highest BCUT2D eigenvalue weighted by Crippen LogP contribution is 2.30. The van der Waals surface area contributed by atoms with Crippen LogP contribution in [0.5, 0.6) is 0 Å². The molecule has 3 N–H and O–H groups in total. The number of rotatable bonds is 27. The second kappa shape index (κ2) is 25.8. The molecule has 2 aliphatic heterocycles. The van der Waals surface area contributed by atoms with Crippen LogP contribution in [0.3, 0.4) is 0 Å². The Morgan fingerprint density at radius 3 is 2.03 bits per heavy atom. The van der Waals surface area contributed by atoms with E-state index in [0.717, 1.165) is 11.1 Å². The molecule has 0 radical (unpaired) electrons. The second-order valence-corrected chi connectivity index (χ2v) is 17.7. The summed E-state index contributed by atoms with van der Waals surface area (Å²) in [5, 5.41) is 8.42. The number of nitrogens with one attached hydrogen (secondary N) is 3. The average Bonchev–Trinajstić information content (AvgIpc) is 4.03. The Balaban J connectivity index is 1.62. The van der Waals surface area contributed by atoms with E-state index >= 15 is 0 Å². The van der Waals surface area contributed by atoms with Crippen LogP contribution in [-0.2, 0) is 60.6 Å². The highest BCUT2D eigenvalue weighted by Gasteiger charge is 2.50. The first-order valence-corrected chi connectivity index (χ1v) is 22.4. The fraction of sp³-hybridized carbons (Fsp3) is 0.571. The Morgan fingerprint density at radius 2 is 1.44 bits per heavy atom. The van der Waals surface area contributed by atoms with Crippen molar-refractivity contribution in [3.8, 4) is 12.3 Å². The molecule has 2 saturated heterocycles. The van der Waals surface area contributed by atoms with Gasteiger partial charge in [-0.2, -0.15) is 0 Å². The summed E-state index contributed by atoms with van der Waals surface area (Å²) >= 11 is 0. The van der Waals surface area contributed by atoms with Crippen molar-refractivity contribution in [2.24, 2.45) is 17.8 Å². The van der Waals surface area contributed by atoms with Gasteiger partial charge in [-0.3, -0.25) is 43.4 Å². The predicted molar refractivity (Wildman–Crippen MR) is 240 cm³/mol. The quantitative estimate of drug-likeness (QED) is 0.0516. The summed E-state index contributed by atoms with van der Waals surface area (Å²) in [7, 11) is 0. The van der Waals surface area contributed by atoms with E-state index in [1.165, 1.54) is 4.90 Å². The van der Waals surface area contributed by atoms with E-state index in [-0.39, 0.29) is 81.6 Å². The fourth-order valence-electron chi connectivity index (χ4n) is 7.58. The van der Waals surface area contributed by atoms with Crippen molar-refractivity contribution in [3.05, 3.63) is 71.8 Å². The van der Waals surface area contributed by atoms with E-state index in [4.69, 9.17) is 20.6 Å². The van der Waals surface area contributed by atoms with Crippen molar-refractivity contribution in [1.82, 2.24) is 25.8 Å². The molecule has 0 saturated carbocycles. The molecule has 4 amide bonds. The minimum absolute atomic E-state index is 0.00618. The van der Waals surface area contributed by atoms with Crippen LogP contribution >= 0.6 is 0 Å². The zero-order valence-corrected chi connectivity index (χ0v) is 38.1. The first kappa shape index (κ1) is 51.2. The number of carbonyl (C=O) groups is 7. The average molecular weight is 886 g/mol. The van der Waals surface area contributed by atoms with Crippen molar-refractivity contribution in [1.29, 1.82) is 0 Å². The molecule has 64 heavy (non-hydrogen) atoms. The minimum atomic E-state index is -1.19. The van der Waals surface area contributed by atoms with Gasteiger partial charge in [0.15, 0.2) is 18.3 Å². The number of amides is 4. The largest absolute Gasteiger partial charge is 0.444 e. The molecule has 348 valence electrons. The summed E-state index contributed by atoms with van der Waals surface area (Å²) in [6.07, 6.45) is 5.82. The Kier molecular flexibility index (Phi) is 20.6. The normalized spacial score (nSPS) is 17.8. The van der Waals surface area contributed by atoms with Gasteiger partial charge in [0.25, 0.3) is 0 Å². The number of hydrogen-bond donors (Lipinski definition) is 3. The van der Waals surface area contributed by atoms with Gasteiger partial charge in [0.05, 0.1) is 51.4 Å². The first-order chi connectivity index (χ1) is 30.6. The van der Waals surface area contributed by atoms with Crippen molar-refractivity contribution < 1.29 is 47.8 Å². The van der Waals surface area contributed by atoms with E-state index in [9.17, 15) is 33.6 Å². The molecule has 2 aliphatic rings. The maximum Gasteiger partial charge on any atom is 0.308 e. The van der Waals surface area contributed by atoms with E-state index in [1.807, 2.05) is 93.3 Å². The highest BCUT2D eigenvalue weighted by molar-refractivity contribution is 5.98. The molecule has 15 heteroatoms. The second-order valence-electron chi connectivity index (χ2n) is 17.7. The van der Waals surface area contributed by atoms with Crippen molar-refractivity contribution >= 4 is 41.2 Å². The number of ether oxygens (including phenoxy) is 3. The van der Waals surface area contributed by atoms with Gasteiger partial charge in [0, 0.05) is 31.8 Å². The number of morpholine rings is 1. The molecule has 5 atom stereocenters. The molecule has 2 aromatic carbocycles. The van der Waals surface area contributed by atoms with Gasteiger partial charge < -0.3 is 30.2 Å². The fourth-order valence-corrected chi connectivity index (χ4v) is 7.58. The summed E-state index contributed by atoms with van der Waals surface area (Å²) in [5.41, 5.74) is 0.759. The van der Waals surface area contributed by atoms with Crippen LogP contribution in [0.25, 0.3) is 0 Å². The Labute approximate surface area is 378 Å². The molecule has 0 aromatic heterocycles. The number of terminal acetylenes is 1. The van der Waals surface area contributed by atoms with E-state index in [2.05, 4.69) is 21.9 Å². The third kappa shape index (κ3) is 17.3. The standard InChI is InChI=1S/C49H67N5O10/c1-7-22-50-43(56)20-21-45(58)63-33-54(44(57)31-53-23-25-62-26-24-53)41(19-18-36-14-10-8-11-15-36)48(61)51-39(27-34(2)3)42(55)30-38(29-37-16-12-9-13-17-37)47(60)52-40(28-35(4)5)46(59)49(6)32-64-49/h1,8-17,34-35,38-41H,18-33H2,2-6H3,(H,50,56)(H,51,61)(H,52,60)/t38-,39+,40+,41+,49-/m1/s1. The first-order valence-electron chi connectivity index (χ1n) is 22.4. The number of epoxide rings is 1. The molecule has 0 unspecified atom stereocenters. The summed E-state index contributed by atoms with van der Waals surface area (Å²) in [4.78, 5) is 99.6. The molecular weight excluding hydrogens is 819 g/mol. The minimum Gasteiger partial charge on any atom is -0.444 e. The molecular formula is C49H67N5O10. The molecule has 0 aliphatic carbocycles. The van der Waals surface area contributed by atoms with E-state index in [1.54, 1.807) is 6.92 Å². The molecule has 15 nitrogen and oxygen atoms in total. The number of benzene rings is 2. The lowest BCUT2D eigenvalue weighted by atomic mass is 9.87. The third-order valence-corrected chi connectivity index (χ3v) is 11.3. The molecule has 4 rings (SSSR count). The van der Waals surface area contributed by atoms with Gasteiger partial charge in [0.2, 0.25) is 23.6 Å². The predicted octanol–water partition coefficient (Wildman–Crippen LogP) is 3.42. The Bertz CT molecular complexity index is 1910. The molecule has 0 spiro atoms. The molecule has 2 fully saturated rings. The van der Waals surface area contributed by atoms with Gasteiger partial charge in [-0.1, -0.05) is 94.3 Å². The number of hydrogen-bond acceptors (Lipinski definition) is 11. The number of carbonyl (C=O) groups excluding carboxylic acids is 7. The number of esters is 1. The van der Waals surface area contributed by atoms with Crippen LogP contribution in [0.4, 0.5) is 0 Å². The summed E-state index contributed by atoms with van der Waals surface area (Å²) < 4.78 is 16.5. The molecule has 2 aromatic rings. The molecule has 0 bridgehead atoms. The van der Waals surface area contributed by atoms with Crippen LogP contribution in [0.1, 0.15) is 84.3 Å². The maximum absolute atomic E-state index is 14.8. The van der Waals surface area contributed by atoms with Crippen molar-refractivity contribution in [2.75, 3.05) is 52.7 Å². The zero-order valence-electron chi connectivity index (χ0n) is 38.1. The van der Waals surface area contributed by atoms with Gasteiger partial charge in [-0.15, -0.1) is 6.42 Å². The topological polar surface area (TPSA) is 193 Å². The number of nitrogens with zero attached hydrogens (tertiary/aromatic N) is 2. The maximum atomic E-state index is 14.8. The van der Waals surface area contributed by atoms with Gasteiger partial charge in [-0.05, 0) is 62.0 Å². The summed E-state index contributed by atoms with van der Waals surface area (Å²) in [6, 6.07) is 15.6. The van der Waals surface area contributed by atoms with E-state index < -0.39 is 66.0 Å². The lowest BCUT2D eigenvalue weighted by Gasteiger charge is -2.34. The number of Topliss-reactive ketones (excluding diaryl/α,β-unsaturated/α-hetero) is 2. The van der Waals surface area contributed by atoms with Crippen LogP contribution in [-0.4, -0.2) is 127 Å². The van der Waals surface area contributed by atoms with E-state index in [0.29, 0.717) is 39.1 Å². The van der Waals surface area contributed by atoms with Gasteiger partial charge in [-0.25, -0.2) is 0 Å². The smallest absolute Gasteiger partial charge is 0.308 e. The van der Waals surface area contributed by atoms with Gasteiger partial charge >= 0.3 is 5.97 Å². The number of ketones is 2. The molecule has 2 heterocycles. The Morgan fingerprint density at radius 1 is 0.844 bits per heavy atom. The summed E-state index contributed by atoms with van der Waals surface area (Å²) in [5.74, 6) is -1.91. The lowest BCUT2D eigenvalue weighted by molar-refractivity contribution is -0.160. The van der Waals surface area contributed by atoms with Crippen LogP contribution in [0.15, 0.2) is 60.7 Å². The third-order valence-electron chi connectivity index (χ3n) is 11.3. The van der Waals surface area contributed by atoms with Gasteiger partial charge in [0.1, 0.15) is 11.6 Å². The monoisotopic (exact) mass is 885 g/mol. The lowest BCUT2D eigenvalue weighted by Crippen LogP contribution is -2.56. The zero-order chi connectivity index (χ0) is 46.6. The number of aryl methyl sites for hydroxylation is 1. The SMILES string of the molecule is C#CCNC(=O)CCC(=O)OCN(C(=O)CN1CCOCC1)[C@@H](CCc1ccccc1)C(=O)N[C@@H](CC(C)C)C(=O)C[C@@H](Cc1ccccc1)C(=O)N[C@@H](CC(C)C)C(=O)[C@@]1(C)CO1. The van der Waals surface area contributed by atoms with Crippen molar-refractivity contribution in [2.45, 2.75) is 110 Å². The Hall–Kier alpha value is -5.43. The van der Waals surface area contributed by atoms with Crippen molar-refractivity contribution in [3.63, 3.8) is 0 Å². The summed E-state index contributed by atoms with van der Waals surface area (Å²) in [6.45, 7) is 10.9. The highest BCUT2D eigenvalue weighted by atomic mass is 16.6. The van der Waals surface area contributed by atoms with Crippen LogP contribution < -0.4 is 16.0 Å².